The fraction of sp³-hybridized carbons (Fsp3) is 0.500. The molecule has 2 rings (SSSR count). The van der Waals surface area contributed by atoms with E-state index in [1.165, 1.54) is 0 Å². The molecule has 0 spiro atoms. The van der Waals surface area contributed by atoms with Gasteiger partial charge in [0, 0.05) is 0 Å². The minimum atomic E-state index is -0.662. The highest BCUT2D eigenvalue weighted by atomic mass is 16.3. The van der Waals surface area contributed by atoms with Crippen LogP contribution >= 0.6 is 0 Å². The number of aliphatic hydroxyl groups excluding tert-OH is 1. The van der Waals surface area contributed by atoms with Gasteiger partial charge in [0.05, 0.1) is 6.04 Å². The number of carbonyl (C=O) groups is 1. The average Bonchev–Trinajstić information content (AvgIpc) is 2.41. The van der Waals surface area contributed by atoms with Gasteiger partial charge in [0.1, 0.15) is 12.4 Å². The number of phenolic OH excluding ortho intramolecular Hbond substituents is 1. The largest absolute Gasteiger partial charge is 0.508 e. The predicted octanol–water partition coefficient (Wildman–Crippen LogP) is 0.702. The lowest BCUT2D eigenvalue weighted by Crippen LogP contribution is -2.35. The van der Waals surface area contributed by atoms with Crippen LogP contribution < -0.4 is 5.73 Å². The quantitative estimate of drug-likeness (QED) is 0.733. The molecule has 98 valence electrons. The lowest BCUT2D eigenvalue weighted by Gasteiger charge is -2.21. The normalized spacial score (nSPS) is 16.1. The number of nitrogens with two attached hydrogens (primary N) is 1. The van der Waals surface area contributed by atoms with Crippen molar-refractivity contribution in [2.24, 2.45) is 5.73 Å². The van der Waals surface area contributed by atoms with Crippen LogP contribution in [0.1, 0.15) is 29.5 Å². The second-order valence-electron chi connectivity index (χ2n) is 4.84. The van der Waals surface area contributed by atoms with Crippen LogP contribution in [-0.4, -0.2) is 28.6 Å². The third-order valence-electron chi connectivity index (χ3n) is 3.62. The number of aromatic hydroxyl groups is 1. The van der Waals surface area contributed by atoms with Crippen molar-refractivity contribution in [3.63, 3.8) is 0 Å². The van der Waals surface area contributed by atoms with Gasteiger partial charge in [-0.25, -0.2) is 0 Å². The zero-order valence-electron chi connectivity index (χ0n) is 10.4. The molecule has 0 aliphatic heterocycles. The van der Waals surface area contributed by atoms with E-state index in [4.69, 9.17) is 10.8 Å². The standard InChI is InChI=1S/C14H19NO3/c15-12(14(18)8-16)7-9-5-6-13(17)11-4-2-1-3-10(9)11/h5-6,12,16-17H,1-4,7-8,15H2/t12-/m0/s1. The summed E-state index contributed by atoms with van der Waals surface area (Å²) < 4.78 is 0. The number of phenols is 1. The van der Waals surface area contributed by atoms with Crippen LogP contribution in [0.3, 0.4) is 0 Å². The van der Waals surface area contributed by atoms with Gasteiger partial charge in [-0.3, -0.25) is 4.79 Å². The molecule has 4 heteroatoms. The van der Waals surface area contributed by atoms with Crippen molar-refractivity contribution in [1.29, 1.82) is 0 Å². The van der Waals surface area contributed by atoms with Crippen molar-refractivity contribution in [3.05, 3.63) is 28.8 Å². The topological polar surface area (TPSA) is 83.5 Å². The Hall–Kier alpha value is -1.39. The van der Waals surface area contributed by atoms with Crippen LogP contribution in [0.15, 0.2) is 12.1 Å². The molecule has 4 N–H and O–H groups in total. The van der Waals surface area contributed by atoms with E-state index in [2.05, 4.69) is 0 Å². The number of ketones is 1. The predicted molar refractivity (Wildman–Crippen MR) is 68.5 cm³/mol. The summed E-state index contributed by atoms with van der Waals surface area (Å²) in [6.45, 7) is -0.512. The maximum atomic E-state index is 11.3. The number of Topliss-reactive ketones (excluding diaryl/α,β-unsaturated/α-hetero) is 1. The van der Waals surface area contributed by atoms with Gasteiger partial charge in [0.25, 0.3) is 0 Å². The van der Waals surface area contributed by atoms with E-state index >= 15 is 0 Å². The Labute approximate surface area is 106 Å². The molecule has 4 nitrogen and oxygen atoms in total. The molecular formula is C14H19NO3. The van der Waals surface area contributed by atoms with Crippen molar-refractivity contribution >= 4 is 5.78 Å². The molecule has 1 aliphatic rings. The van der Waals surface area contributed by atoms with Gasteiger partial charge in [-0.2, -0.15) is 0 Å². The molecule has 0 bridgehead atoms. The summed E-state index contributed by atoms with van der Waals surface area (Å²) >= 11 is 0. The SMILES string of the molecule is N[C@@H](Cc1ccc(O)c2c1CCCC2)C(=O)CO. The highest BCUT2D eigenvalue weighted by Crippen LogP contribution is 2.31. The first-order chi connectivity index (χ1) is 8.63. The second-order valence-corrected chi connectivity index (χ2v) is 4.84. The van der Waals surface area contributed by atoms with Crippen LogP contribution in [0.5, 0.6) is 5.75 Å². The minimum absolute atomic E-state index is 0.340. The number of hydrogen-bond acceptors (Lipinski definition) is 4. The van der Waals surface area contributed by atoms with Crippen molar-refractivity contribution < 1.29 is 15.0 Å². The summed E-state index contributed by atoms with van der Waals surface area (Å²) in [5.74, 6) is 0.00291. The van der Waals surface area contributed by atoms with Gasteiger partial charge >= 0.3 is 0 Å². The number of aliphatic hydroxyl groups is 1. The van der Waals surface area contributed by atoms with E-state index < -0.39 is 12.6 Å². The first kappa shape index (κ1) is 13.1. The summed E-state index contributed by atoms with van der Waals surface area (Å²) in [5.41, 5.74) is 8.93. The molecule has 0 unspecified atom stereocenters. The summed E-state index contributed by atoms with van der Waals surface area (Å²) in [5, 5.41) is 18.6. The Balaban J connectivity index is 2.26. The van der Waals surface area contributed by atoms with Crippen molar-refractivity contribution in [2.45, 2.75) is 38.1 Å². The third-order valence-corrected chi connectivity index (χ3v) is 3.62. The molecule has 0 saturated carbocycles. The Morgan fingerprint density at radius 3 is 2.61 bits per heavy atom. The van der Waals surface area contributed by atoms with Gasteiger partial charge in [-0.15, -0.1) is 0 Å². The van der Waals surface area contributed by atoms with E-state index in [0.717, 1.165) is 42.4 Å². The lowest BCUT2D eigenvalue weighted by molar-refractivity contribution is -0.122. The first-order valence-electron chi connectivity index (χ1n) is 6.35. The average molecular weight is 249 g/mol. The summed E-state index contributed by atoms with van der Waals surface area (Å²) in [7, 11) is 0. The van der Waals surface area contributed by atoms with Crippen LogP contribution in [0.2, 0.25) is 0 Å². The molecule has 1 aliphatic carbocycles. The number of benzene rings is 1. The van der Waals surface area contributed by atoms with E-state index in [1.807, 2.05) is 6.07 Å². The highest BCUT2D eigenvalue weighted by Gasteiger charge is 2.20. The van der Waals surface area contributed by atoms with Gasteiger partial charge in [-0.1, -0.05) is 6.07 Å². The Bertz CT molecular complexity index is 457. The third kappa shape index (κ3) is 2.54. The molecule has 0 radical (unpaired) electrons. The maximum absolute atomic E-state index is 11.3. The molecule has 0 saturated heterocycles. The van der Waals surface area contributed by atoms with E-state index in [1.54, 1.807) is 6.07 Å². The van der Waals surface area contributed by atoms with Crippen LogP contribution in [0.25, 0.3) is 0 Å². The number of carbonyl (C=O) groups excluding carboxylic acids is 1. The summed E-state index contributed by atoms with van der Waals surface area (Å²) in [6.07, 6.45) is 4.44. The van der Waals surface area contributed by atoms with Crippen molar-refractivity contribution in [3.8, 4) is 5.75 Å². The lowest BCUT2D eigenvalue weighted by atomic mass is 9.85. The van der Waals surface area contributed by atoms with E-state index in [-0.39, 0.29) is 5.78 Å². The molecular weight excluding hydrogens is 230 g/mol. The second kappa shape index (κ2) is 5.50. The van der Waals surface area contributed by atoms with Crippen LogP contribution in [0.4, 0.5) is 0 Å². The van der Waals surface area contributed by atoms with Crippen LogP contribution in [0, 0.1) is 0 Å². The van der Waals surface area contributed by atoms with Gasteiger partial charge in [-0.05, 0) is 54.9 Å². The smallest absolute Gasteiger partial charge is 0.175 e. The zero-order valence-corrected chi connectivity index (χ0v) is 10.4. The fourth-order valence-electron chi connectivity index (χ4n) is 2.58. The van der Waals surface area contributed by atoms with Crippen molar-refractivity contribution in [1.82, 2.24) is 0 Å². The molecule has 0 heterocycles. The molecule has 1 aromatic rings. The summed E-state index contributed by atoms with van der Waals surface area (Å²) in [6, 6.07) is 2.85. The summed E-state index contributed by atoms with van der Waals surface area (Å²) in [4.78, 5) is 11.3. The molecule has 0 fully saturated rings. The van der Waals surface area contributed by atoms with E-state index in [0.29, 0.717) is 12.2 Å². The van der Waals surface area contributed by atoms with Gasteiger partial charge in [0.2, 0.25) is 0 Å². The minimum Gasteiger partial charge on any atom is -0.508 e. The van der Waals surface area contributed by atoms with Gasteiger partial charge in [0.15, 0.2) is 5.78 Å². The number of hydrogen-bond donors (Lipinski definition) is 3. The van der Waals surface area contributed by atoms with E-state index in [9.17, 15) is 9.90 Å². The Morgan fingerprint density at radius 1 is 1.28 bits per heavy atom. The van der Waals surface area contributed by atoms with Crippen molar-refractivity contribution in [2.75, 3.05) is 6.61 Å². The molecule has 0 amide bonds. The molecule has 1 aromatic carbocycles. The number of fused-ring (bicyclic) bond motifs is 1. The first-order valence-corrected chi connectivity index (χ1v) is 6.35. The van der Waals surface area contributed by atoms with Crippen LogP contribution in [-0.2, 0) is 24.1 Å². The molecule has 18 heavy (non-hydrogen) atoms. The maximum Gasteiger partial charge on any atom is 0.175 e. The zero-order chi connectivity index (χ0) is 13.1. The molecule has 1 atom stereocenters. The number of rotatable bonds is 4. The Morgan fingerprint density at radius 2 is 1.94 bits per heavy atom. The van der Waals surface area contributed by atoms with Gasteiger partial charge < -0.3 is 15.9 Å². The molecule has 0 aromatic heterocycles. The fourth-order valence-corrected chi connectivity index (χ4v) is 2.58. The Kier molecular flexibility index (Phi) is 3.99. The monoisotopic (exact) mass is 249 g/mol. The highest BCUT2D eigenvalue weighted by molar-refractivity contribution is 5.85.